The Morgan fingerprint density at radius 3 is 2.25 bits per heavy atom. The van der Waals surface area contributed by atoms with Crippen molar-refractivity contribution in [1.82, 2.24) is 5.32 Å². The number of nitrogens with zero attached hydrogens (tertiary/aromatic N) is 1. The number of rotatable bonds is 5. The smallest absolute Gasteiger partial charge is 0.311 e. The SMILES string of the molecule is CC[C@H]1OC(=O)[C@H](C)[C@@H](O[C@H]2C[C@H](C)C[C@H](C)O2)[C@H](C)C(C)(C)[C@](C)(O)C[C@@H](C)/C(=N\O[C@@H]2CCNC2)[C@H](C)[C@@H](O)[C@]1(C)O. The summed E-state index contributed by atoms with van der Waals surface area (Å²) in [7, 11) is 0. The van der Waals surface area contributed by atoms with Gasteiger partial charge in [0.05, 0.1) is 35.5 Å². The van der Waals surface area contributed by atoms with Crippen LogP contribution in [0.1, 0.15) is 108 Å². The van der Waals surface area contributed by atoms with Crippen LogP contribution in [-0.4, -0.2) is 88.1 Å². The van der Waals surface area contributed by atoms with E-state index in [0.29, 0.717) is 37.4 Å². The summed E-state index contributed by atoms with van der Waals surface area (Å²) >= 11 is 0. The van der Waals surface area contributed by atoms with Gasteiger partial charge in [-0.1, -0.05) is 53.6 Å². The predicted octanol–water partition coefficient (Wildman–Crippen LogP) is 4.43. The molecular weight excluding hydrogens is 564 g/mol. The Morgan fingerprint density at radius 2 is 1.68 bits per heavy atom. The first-order chi connectivity index (χ1) is 20.3. The second-order valence-corrected chi connectivity index (χ2v) is 15.3. The molecule has 0 aromatic carbocycles. The summed E-state index contributed by atoms with van der Waals surface area (Å²) < 4.78 is 18.9. The second-order valence-electron chi connectivity index (χ2n) is 15.3. The van der Waals surface area contributed by atoms with Gasteiger partial charge in [-0.25, -0.2) is 0 Å². The lowest BCUT2D eigenvalue weighted by Crippen LogP contribution is -2.58. The molecule has 3 heterocycles. The van der Waals surface area contributed by atoms with Crippen molar-refractivity contribution in [3.8, 4) is 0 Å². The van der Waals surface area contributed by atoms with Crippen molar-refractivity contribution in [1.29, 1.82) is 0 Å². The zero-order chi connectivity index (χ0) is 33.2. The summed E-state index contributed by atoms with van der Waals surface area (Å²) in [5.74, 6) is -2.13. The highest BCUT2D eigenvalue weighted by Gasteiger charge is 2.52. The first-order valence-electron chi connectivity index (χ1n) is 16.9. The minimum absolute atomic E-state index is 0.0276. The number of oxime groups is 1. The van der Waals surface area contributed by atoms with Gasteiger partial charge in [-0.2, -0.15) is 0 Å². The Hall–Kier alpha value is -1.30. The minimum atomic E-state index is -1.79. The number of nitrogens with one attached hydrogen (secondary N) is 1. The summed E-state index contributed by atoms with van der Waals surface area (Å²) in [6.07, 6.45) is -0.455. The lowest BCUT2D eigenvalue weighted by molar-refractivity contribution is -0.252. The molecule has 3 aliphatic rings. The summed E-state index contributed by atoms with van der Waals surface area (Å²) in [6.45, 7) is 22.4. The Morgan fingerprint density at radius 1 is 1.02 bits per heavy atom. The molecule has 0 bridgehead atoms. The van der Waals surface area contributed by atoms with E-state index in [2.05, 4.69) is 17.4 Å². The van der Waals surface area contributed by atoms with Crippen molar-refractivity contribution in [2.45, 2.75) is 156 Å². The highest BCUT2D eigenvalue weighted by molar-refractivity contribution is 5.88. The normalized spacial score (nSPS) is 47.2. The van der Waals surface area contributed by atoms with Crippen molar-refractivity contribution in [2.24, 2.45) is 40.2 Å². The van der Waals surface area contributed by atoms with Crippen LogP contribution >= 0.6 is 0 Å². The van der Waals surface area contributed by atoms with E-state index < -0.39 is 59.0 Å². The topological polar surface area (TPSA) is 139 Å². The van der Waals surface area contributed by atoms with Gasteiger partial charge in [0.25, 0.3) is 0 Å². The minimum Gasteiger partial charge on any atom is -0.459 e. The molecule has 3 aliphatic heterocycles. The van der Waals surface area contributed by atoms with E-state index in [9.17, 15) is 20.1 Å². The number of aliphatic hydroxyl groups excluding tert-OH is 1. The first-order valence-corrected chi connectivity index (χ1v) is 16.9. The van der Waals surface area contributed by atoms with Gasteiger partial charge in [0.2, 0.25) is 0 Å². The molecule has 0 aliphatic carbocycles. The zero-order valence-electron chi connectivity index (χ0n) is 29.1. The molecule has 0 aromatic rings. The Kier molecular flexibility index (Phi) is 12.4. The van der Waals surface area contributed by atoms with Crippen molar-refractivity contribution >= 4 is 11.7 Å². The van der Waals surface area contributed by atoms with Crippen LogP contribution < -0.4 is 5.32 Å². The number of aliphatic hydroxyl groups is 3. The summed E-state index contributed by atoms with van der Waals surface area (Å²) in [5.41, 5.74) is -3.23. The first kappa shape index (κ1) is 37.2. The fourth-order valence-electron chi connectivity index (χ4n) is 7.49. The van der Waals surface area contributed by atoms with Crippen LogP contribution in [0, 0.1) is 35.0 Å². The van der Waals surface area contributed by atoms with Crippen LogP contribution in [0.15, 0.2) is 5.16 Å². The molecule has 0 saturated carbocycles. The highest BCUT2D eigenvalue weighted by Crippen LogP contribution is 2.47. The third-order valence-corrected chi connectivity index (χ3v) is 11.3. The Labute approximate surface area is 265 Å². The van der Waals surface area contributed by atoms with Crippen LogP contribution in [0.2, 0.25) is 0 Å². The molecule has 4 N–H and O–H groups in total. The van der Waals surface area contributed by atoms with Gasteiger partial charge in [-0.05, 0) is 70.8 Å². The Balaban J connectivity index is 2.08. The van der Waals surface area contributed by atoms with Crippen LogP contribution in [0.25, 0.3) is 0 Å². The lowest BCUT2D eigenvalue weighted by atomic mass is 9.61. The molecule has 0 aromatic heterocycles. The van der Waals surface area contributed by atoms with Crippen molar-refractivity contribution < 1.29 is 39.2 Å². The molecule has 13 atom stereocenters. The molecular formula is C34H62N2O8. The summed E-state index contributed by atoms with van der Waals surface area (Å²) in [6, 6.07) is 0. The molecule has 0 spiro atoms. The number of cyclic esters (lactones) is 1. The maximum atomic E-state index is 13.8. The third kappa shape index (κ3) is 8.15. The zero-order valence-corrected chi connectivity index (χ0v) is 29.1. The van der Waals surface area contributed by atoms with Crippen molar-refractivity contribution in [2.75, 3.05) is 13.1 Å². The van der Waals surface area contributed by atoms with Gasteiger partial charge in [-0.3, -0.25) is 4.79 Å². The molecule has 3 fully saturated rings. The molecule has 10 nitrogen and oxygen atoms in total. The van der Waals surface area contributed by atoms with Gasteiger partial charge in [0.15, 0.2) is 6.29 Å². The fourth-order valence-corrected chi connectivity index (χ4v) is 7.49. The summed E-state index contributed by atoms with van der Waals surface area (Å²) in [4.78, 5) is 19.8. The van der Waals surface area contributed by atoms with E-state index in [1.165, 1.54) is 6.92 Å². The Bertz CT molecular complexity index is 968. The van der Waals surface area contributed by atoms with E-state index in [1.807, 2.05) is 48.5 Å². The quantitative estimate of drug-likeness (QED) is 0.258. The number of carbonyl (C=O) groups excluding carboxylic acids is 1. The number of hydrogen-bond acceptors (Lipinski definition) is 10. The fraction of sp³-hybridized carbons (Fsp3) is 0.941. The van der Waals surface area contributed by atoms with E-state index in [0.717, 1.165) is 19.4 Å². The number of ether oxygens (including phenoxy) is 3. The molecule has 0 amide bonds. The van der Waals surface area contributed by atoms with Crippen LogP contribution in [0.5, 0.6) is 0 Å². The predicted molar refractivity (Wildman–Crippen MR) is 170 cm³/mol. The van der Waals surface area contributed by atoms with Crippen LogP contribution in [0.4, 0.5) is 0 Å². The monoisotopic (exact) mass is 626 g/mol. The van der Waals surface area contributed by atoms with Crippen LogP contribution in [-0.2, 0) is 23.8 Å². The van der Waals surface area contributed by atoms with Gasteiger partial charge in [-0.15, -0.1) is 0 Å². The number of hydrogen-bond donors (Lipinski definition) is 4. The van der Waals surface area contributed by atoms with E-state index in [4.69, 9.17) is 19.0 Å². The third-order valence-electron chi connectivity index (χ3n) is 11.3. The largest absolute Gasteiger partial charge is 0.459 e. The van der Waals surface area contributed by atoms with Gasteiger partial charge < -0.3 is 39.7 Å². The maximum Gasteiger partial charge on any atom is 0.311 e. The molecule has 3 rings (SSSR count). The molecule has 3 saturated heterocycles. The maximum absolute atomic E-state index is 13.8. The molecule has 0 radical (unpaired) electrons. The van der Waals surface area contributed by atoms with E-state index in [-0.39, 0.29) is 24.0 Å². The molecule has 256 valence electrons. The average molecular weight is 627 g/mol. The number of carbonyl (C=O) groups is 1. The van der Waals surface area contributed by atoms with E-state index >= 15 is 0 Å². The highest BCUT2D eigenvalue weighted by atomic mass is 16.7. The van der Waals surface area contributed by atoms with E-state index in [1.54, 1.807) is 13.8 Å². The van der Waals surface area contributed by atoms with Gasteiger partial charge >= 0.3 is 5.97 Å². The molecule has 10 heteroatoms. The lowest BCUT2D eigenvalue weighted by Gasteiger charge is -2.50. The van der Waals surface area contributed by atoms with Crippen molar-refractivity contribution in [3.63, 3.8) is 0 Å². The van der Waals surface area contributed by atoms with Crippen LogP contribution in [0.3, 0.4) is 0 Å². The second kappa shape index (κ2) is 14.6. The van der Waals surface area contributed by atoms with Gasteiger partial charge in [0, 0.05) is 31.2 Å². The van der Waals surface area contributed by atoms with Crippen molar-refractivity contribution in [3.05, 3.63) is 0 Å². The van der Waals surface area contributed by atoms with Gasteiger partial charge in [0.1, 0.15) is 17.8 Å². The standard InChI is InChI=1S/C34H62N2O8/c1-12-26-34(11,40)30(37)22(5)28(36-44-25-13-14-35-18-25)20(3)17-33(10,39)32(8,9)24(7)29(23(6)31(38)42-26)43-27-16-19(2)15-21(4)41-27/h19-27,29-30,35,37,39-40H,12-18H2,1-11H3/b36-28+/t19-,20-,21+,22+,23-,24+,25-,26-,27+,29-,30-,33-,34-/m1/s1. The average Bonchev–Trinajstić information content (AvgIpc) is 3.45. The summed E-state index contributed by atoms with van der Waals surface area (Å²) in [5, 5.41) is 43.5. The molecule has 0 unspecified atom stereocenters. The molecule has 44 heavy (non-hydrogen) atoms. The number of esters is 1.